The van der Waals surface area contributed by atoms with Crippen LogP contribution in [0.25, 0.3) is 0 Å². The Hall–Kier alpha value is -1.06. The van der Waals surface area contributed by atoms with E-state index < -0.39 is 0 Å². The fourth-order valence-corrected chi connectivity index (χ4v) is 1.90. The first-order valence-electron chi connectivity index (χ1n) is 6.11. The van der Waals surface area contributed by atoms with Crippen molar-refractivity contribution < 1.29 is 4.74 Å². The van der Waals surface area contributed by atoms with E-state index in [9.17, 15) is 0 Å². The van der Waals surface area contributed by atoms with Crippen LogP contribution in [0.3, 0.4) is 0 Å². The summed E-state index contributed by atoms with van der Waals surface area (Å²) in [6.45, 7) is 4.74. The van der Waals surface area contributed by atoms with Crippen molar-refractivity contribution in [2.45, 2.75) is 13.3 Å². The average Bonchev–Trinajstić information content (AvgIpc) is 2.33. The van der Waals surface area contributed by atoms with Crippen molar-refractivity contribution in [2.24, 2.45) is 0 Å². The van der Waals surface area contributed by atoms with Crippen LogP contribution in [0.5, 0.6) is 0 Å². The van der Waals surface area contributed by atoms with Gasteiger partial charge in [-0.1, -0.05) is 12.2 Å². The van der Waals surface area contributed by atoms with Crippen LogP contribution in [0.15, 0.2) is 35.1 Å². The largest absolute Gasteiger partial charge is 0.387 e. The molecule has 1 aliphatic rings. The monoisotopic (exact) mass is 236 g/mol. The highest BCUT2D eigenvalue weighted by molar-refractivity contribution is 5.49. The lowest BCUT2D eigenvalue weighted by Crippen LogP contribution is -2.22. The van der Waals surface area contributed by atoms with Crippen molar-refractivity contribution in [1.82, 2.24) is 10.2 Å². The standard InChI is InChI=1S/C14H24N2O/c1-5-12-10-15-11-13(6-8-16(2)3)14(12)7-9-17-4/h5,7,11,15H,6,8-10H2,1-4H3/b12-5-,14-7+. The van der Waals surface area contributed by atoms with Gasteiger partial charge in [0.1, 0.15) is 0 Å². The lowest BCUT2D eigenvalue weighted by atomic mass is 9.93. The van der Waals surface area contributed by atoms with Crippen molar-refractivity contribution in [3.8, 4) is 0 Å². The van der Waals surface area contributed by atoms with Crippen LogP contribution in [0.1, 0.15) is 13.3 Å². The maximum atomic E-state index is 5.15. The molecule has 0 saturated carbocycles. The number of hydrogen-bond donors (Lipinski definition) is 1. The molecule has 3 heteroatoms. The number of hydrogen-bond acceptors (Lipinski definition) is 3. The molecule has 0 atom stereocenters. The summed E-state index contributed by atoms with van der Waals surface area (Å²) in [6, 6.07) is 0. The number of allylic oxidation sites excluding steroid dienone is 1. The van der Waals surface area contributed by atoms with Crippen molar-refractivity contribution in [3.63, 3.8) is 0 Å². The number of rotatable bonds is 5. The van der Waals surface area contributed by atoms with Gasteiger partial charge in [0.05, 0.1) is 6.61 Å². The summed E-state index contributed by atoms with van der Waals surface area (Å²) in [4.78, 5) is 2.21. The van der Waals surface area contributed by atoms with Gasteiger partial charge < -0.3 is 15.0 Å². The van der Waals surface area contributed by atoms with E-state index in [1.54, 1.807) is 7.11 Å². The molecule has 1 aliphatic heterocycles. The molecule has 3 nitrogen and oxygen atoms in total. The van der Waals surface area contributed by atoms with Crippen molar-refractivity contribution in [3.05, 3.63) is 35.1 Å². The van der Waals surface area contributed by atoms with E-state index in [1.807, 2.05) is 0 Å². The van der Waals surface area contributed by atoms with E-state index in [2.05, 4.69) is 49.6 Å². The van der Waals surface area contributed by atoms with Gasteiger partial charge in [-0.05, 0) is 44.2 Å². The Bertz CT molecular complexity index is 327. The molecule has 96 valence electrons. The second-order valence-corrected chi connectivity index (χ2v) is 4.49. The van der Waals surface area contributed by atoms with Gasteiger partial charge in [-0.25, -0.2) is 0 Å². The van der Waals surface area contributed by atoms with Gasteiger partial charge in [-0.2, -0.15) is 0 Å². The number of ether oxygens (including phenoxy) is 1. The SMILES string of the molecule is C/C=C1/CNC=C(CCN(C)C)/C1=C/COC. The Morgan fingerprint density at radius 1 is 1.47 bits per heavy atom. The Labute approximate surface area is 105 Å². The molecule has 0 spiro atoms. The fraction of sp³-hybridized carbons (Fsp3) is 0.571. The first-order chi connectivity index (χ1) is 8.19. The molecule has 0 radical (unpaired) electrons. The summed E-state index contributed by atoms with van der Waals surface area (Å²) < 4.78 is 5.15. The summed E-state index contributed by atoms with van der Waals surface area (Å²) in [5.74, 6) is 0. The second-order valence-electron chi connectivity index (χ2n) is 4.49. The smallest absolute Gasteiger partial charge is 0.0652 e. The summed E-state index contributed by atoms with van der Waals surface area (Å²) in [6.07, 6.45) is 7.56. The van der Waals surface area contributed by atoms with E-state index in [1.165, 1.54) is 16.7 Å². The Balaban J connectivity index is 2.80. The maximum Gasteiger partial charge on any atom is 0.0652 e. The van der Waals surface area contributed by atoms with Crippen LogP contribution in [0.2, 0.25) is 0 Å². The van der Waals surface area contributed by atoms with E-state index in [4.69, 9.17) is 4.74 Å². The molecule has 0 aromatic carbocycles. The van der Waals surface area contributed by atoms with E-state index >= 15 is 0 Å². The highest BCUT2D eigenvalue weighted by Crippen LogP contribution is 2.24. The second kappa shape index (κ2) is 7.30. The summed E-state index contributed by atoms with van der Waals surface area (Å²) in [5.41, 5.74) is 4.07. The van der Waals surface area contributed by atoms with Gasteiger partial charge in [0.15, 0.2) is 0 Å². The third kappa shape index (κ3) is 4.36. The normalized spacial score (nSPS) is 20.9. The van der Waals surface area contributed by atoms with Gasteiger partial charge in [0.25, 0.3) is 0 Å². The van der Waals surface area contributed by atoms with Crippen molar-refractivity contribution in [2.75, 3.05) is 40.9 Å². The van der Waals surface area contributed by atoms with Crippen LogP contribution < -0.4 is 5.32 Å². The molecule has 1 rings (SSSR count). The zero-order valence-electron chi connectivity index (χ0n) is 11.4. The van der Waals surface area contributed by atoms with Crippen LogP contribution >= 0.6 is 0 Å². The molecule has 0 fully saturated rings. The zero-order valence-corrected chi connectivity index (χ0v) is 11.4. The van der Waals surface area contributed by atoms with Gasteiger partial charge in [-0.3, -0.25) is 0 Å². The van der Waals surface area contributed by atoms with Gasteiger partial charge in [-0.15, -0.1) is 0 Å². The highest BCUT2D eigenvalue weighted by atomic mass is 16.5. The van der Waals surface area contributed by atoms with Crippen LogP contribution in [0, 0.1) is 0 Å². The third-order valence-corrected chi connectivity index (χ3v) is 2.89. The first-order valence-corrected chi connectivity index (χ1v) is 6.11. The molecule has 1 N–H and O–H groups in total. The Morgan fingerprint density at radius 3 is 2.82 bits per heavy atom. The highest BCUT2D eigenvalue weighted by Gasteiger charge is 2.14. The predicted molar refractivity (Wildman–Crippen MR) is 73.0 cm³/mol. The van der Waals surface area contributed by atoms with Gasteiger partial charge >= 0.3 is 0 Å². The maximum absolute atomic E-state index is 5.15. The number of nitrogens with one attached hydrogen (secondary N) is 1. The van der Waals surface area contributed by atoms with E-state index in [-0.39, 0.29) is 0 Å². The topological polar surface area (TPSA) is 24.5 Å². The quantitative estimate of drug-likeness (QED) is 0.789. The zero-order chi connectivity index (χ0) is 12.7. The lowest BCUT2D eigenvalue weighted by Gasteiger charge is -2.23. The molecular weight excluding hydrogens is 212 g/mol. The van der Waals surface area contributed by atoms with E-state index in [0.29, 0.717) is 6.61 Å². The molecule has 0 saturated heterocycles. The van der Waals surface area contributed by atoms with Gasteiger partial charge in [0, 0.05) is 26.4 Å². The van der Waals surface area contributed by atoms with Crippen molar-refractivity contribution >= 4 is 0 Å². The van der Waals surface area contributed by atoms with E-state index in [0.717, 1.165) is 19.5 Å². The summed E-state index contributed by atoms with van der Waals surface area (Å²) >= 11 is 0. The van der Waals surface area contributed by atoms with Crippen LogP contribution in [-0.2, 0) is 4.74 Å². The fourth-order valence-electron chi connectivity index (χ4n) is 1.90. The molecule has 0 amide bonds. The van der Waals surface area contributed by atoms with Crippen LogP contribution in [0.4, 0.5) is 0 Å². The van der Waals surface area contributed by atoms with Gasteiger partial charge in [0.2, 0.25) is 0 Å². The molecule has 0 bridgehead atoms. The molecule has 1 heterocycles. The molecule has 0 aromatic heterocycles. The molecule has 0 aromatic rings. The summed E-state index contributed by atoms with van der Waals surface area (Å²) in [7, 11) is 5.94. The third-order valence-electron chi connectivity index (χ3n) is 2.89. The lowest BCUT2D eigenvalue weighted by molar-refractivity contribution is 0.233. The number of methoxy groups -OCH3 is 1. The van der Waals surface area contributed by atoms with Crippen molar-refractivity contribution in [1.29, 1.82) is 0 Å². The molecule has 0 unspecified atom stereocenters. The molecule has 17 heavy (non-hydrogen) atoms. The first kappa shape index (κ1) is 14.0. The molecule has 0 aliphatic carbocycles. The predicted octanol–water partition coefficient (Wildman–Crippen LogP) is 1.94. The molecular formula is C14H24N2O. The average molecular weight is 236 g/mol. The Kier molecular flexibility index (Phi) is 6.01. The minimum Gasteiger partial charge on any atom is -0.387 e. The Morgan fingerprint density at radius 2 is 2.24 bits per heavy atom. The minimum atomic E-state index is 0.673. The summed E-state index contributed by atoms with van der Waals surface area (Å²) in [5, 5.41) is 3.34. The minimum absolute atomic E-state index is 0.673. The van der Waals surface area contributed by atoms with Crippen LogP contribution in [-0.4, -0.2) is 45.8 Å². The number of nitrogens with zero attached hydrogens (tertiary/aromatic N) is 1.